The van der Waals surface area contributed by atoms with Crippen LogP contribution in [0.1, 0.15) is 19.4 Å². The molecule has 1 rings (SSSR count). The normalized spacial score (nSPS) is 11.0. The van der Waals surface area contributed by atoms with E-state index < -0.39 is 0 Å². The number of benzene rings is 1. The van der Waals surface area contributed by atoms with Crippen LogP contribution in [-0.2, 0) is 4.79 Å². The highest BCUT2D eigenvalue weighted by Crippen LogP contribution is 2.23. The lowest BCUT2D eigenvalue weighted by molar-refractivity contribution is -0.123. The predicted octanol–water partition coefficient (Wildman–Crippen LogP) is 2.41. The van der Waals surface area contributed by atoms with Gasteiger partial charge in [0.25, 0.3) is 0 Å². The summed E-state index contributed by atoms with van der Waals surface area (Å²) in [4.78, 5) is 12.9. The first kappa shape index (κ1) is 15.1. The van der Waals surface area contributed by atoms with Crippen LogP contribution in [0.4, 0.5) is 5.69 Å². The highest BCUT2D eigenvalue weighted by Gasteiger charge is 2.03. The van der Waals surface area contributed by atoms with E-state index in [0.29, 0.717) is 24.0 Å². The monoisotopic (exact) mass is 262 g/mol. The standard InChI is InChI=1S/C15H22N2O2/c1-11(2)10-19-14-7-5-12(9-13(14)16)6-8-15(18)17(3)4/h5-9,11H,10,16H2,1-4H3/b8-6-. The van der Waals surface area contributed by atoms with Crippen LogP contribution < -0.4 is 10.5 Å². The van der Waals surface area contributed by atoms with Crippen molar-refractivity contribution in [1.82, 2.24) is 4.90 Å². The molecule has 0 heterocycles. The molecule has 0 aliphatic carbocycles. The van der Waals surface area contributed by atoms with Crippen LogP contribution in [0.2, 0.25) is 0 Å². The van der Waals surface area contributed by atoms with E-state index in [9.17, 15) is 4.79 Å². The zero-order chi connectivity index (χ0) is 14.4. The number of anilines is 1. The van der Waals surface area contributed by atoms with Gasteiger partial charge in [-0.25, -0.2) is 0 Å². The van der Waals surface area contributed by atoms with Crippen LogP contribution >= 0.6 is 0 Å². The van der Waals surface area contributed by atoms with Crippen molar-refractivity contribution in [2.45, 2.75) is 13.8 Å². The van der Waals surface area contributed by atoms with E-state index in [-0.39, 0.29) is 5.91 Å². The largest absolute Gasteiger partial charge is 0.491 e. The number of carbonyl (C=O) groups excluding carboxylic acids is 1. The van der Waals surface area contributed by atoms with Crippen LogP contribution in [0.15, 0.2) is 24.3 Å². The topological polar surface area (TPSA) is 55.6 Å². The van der Waals surface area contributed by atoms with Gasteiger partial charge >= 0.3 is 0 Å². The molecule has 0 bridgehead atoms. The Kier molecular flexibility index (Phi) is 5.42. The lowest BCUT2D eigenvalue weighted by Gasteiger charge is -2.11. The average Bonchev–Trinajstić information content (AvgIpc) is 2.34. The maximum absolute atomic E-state index is 11.4. The molecule has 0 radical (unpaired) electrons. The molecular formula is C15H22N2O2. The number of nitrogen functional groups attached to an aromatic ring is 1. The van der Waals surface area contributed by atoms with E-state index in [4.69, 9.17) is 10.5 Å². The van der Waals surface area contributed by atoms with Gasteiger partial charge in [-0.3, -0.25) is 4.79 Å². The number of carbonyl (C=O) groups is 1. The molecule has 1 aromatic carbocycles. The molecule has 0 saturated heterocycles. The quantitative estimate of drug-likeness (QED) is 0.655. The number of amides is 1. The SMILES string of the molecule is CC(C)COc1ccc(/C=C\C(=O)N(C)C)cc1N. The summed E-state index contributed by atoms with van der Waals surface area (Å²) in [5, 5.41) is 0. The smallest absolute Gasteiger partial charge is 0.246 e. The third-order valence-electron chi connectivity index (χ3n) is 2.47. The Balaban J connectivity index is 2.74. The van der Waals surface area contributed by atoms with Crippen molar-refractivity contribution < 1.29 is 9.53 Å². The van der Waals surface area contributed by atoms with Crippen LogP contribution in [0.25, 0.3) is 6.08 Å². The molecule has 0 unspecified atom stereocenters. The van der Waals surface area contributed by atoms with Crippen molar-refractivity contribution in [3.63, 3.8) is 0 Å². The molecule has 4 heteroatoms. The number of likely N-dealkylation sites (N-methyl/N-ethyl adjacent to an activating group) is 1. The molecule has 0 aliphatic heterocycles. The molecule has 4 nitrogen and oxygen atoms in total. The number of nitrogens with zero attached hydrogens (tertiary/aromatic N) is 1. The Morgan fingerprint density at radius 2 is 2.11 bits per heavy atom. The van der Waals surface area contributed by atoms with Crippen molar-refractivity contribution in [1.29, 1.82) is 0 Å². The lowest BCUT2D eigenvalue weighted by Crippen LogP contribution is -2.18. The second-order valence-corrected chi connectivity index (χ2v) is 5.07. The molecule has 19 heavy (non-hydrogen) atoms. The minimum Gasteiger partial charge on any atom is -0.491 e. The van der Waals surface area contributed by atoms with Crippen LogP contribution in [-0.4, -0.2) is 31.5 Å². The molecule has 0 aliphatic rings. The van der Waals surface area contributed by atoms with Crippen molar-refractivity contribution in [3.8, 4) is 5.75 Å². The molecule has 0 fully saturated rings. The summed E-state index contributed by atoms with van der Waals surface area (Å²) in [5.41, 5.74) is 7.38. The van der Waals surface area contributed by atoms with Crippen molar-refractivity contribution in [2.75, 3.05) is 26.4 Å². The van der Waals surface area contributed by atoms with E-state index in [2.05, 4.69) is 13.8 Å². The van der Waals surface area contributed by atoms with Gasteiger partial charge in [-0.15, -0.1) is 0 Å². The fourth-order valence-corrected chi connectivity index (χ4v) is 1.38. The Labute approximate surface area is 114 Å². The molecule has 1 aromatic rings. The summed E-state index contributed by atoms with van der Waals surface area (Å²) in [6.45, 7) is 4.80. The third-order valence-corrected chi connectivity index (χ3v) is 2.47. The number of hydrogen-bond acceptors (Lipinski definition) is 3. The molecule has 2 N–H and O–H groups in total. The van der Waals surface area contributed by atoms with Crippen molar-refractivity contribution >= 4 is 17.7 Å². The average molecular weight is 262 g/mol. The highest BCUT2D eigenvalue weighted by molar-refractivity contribution is 5.91. The van der Waals surface area contributed by atoms with E-state index in [1.54, 1.807) is 26.2 Å². The fraction of sp³-hybridized carbons (Fsp3) is 0.400. The zero-order valence-corrected chi connectivity index (χ0v) is 12.0. The Morgan fingerprint density at radius 3 is 2.63 bits per heavy atom. The summed E-state index contributed by atoms with van der Waals surface area (Å²) in [5.74, 6) is 1.08. The second kappa shape index (κ2) is 6.83. The molecule has 104 valence electrons. The zero-order valence-electron chi connectivity index (χ0n) is 12.0. The van der Waals surface area contributed by atoms with Gasteiger partial charge < -0.3 is 15.4 Å². The molecule has 1 amide bonds. The molecule has 0 saturated carbocycles. The maximum atomic E-state index is 11.4. The van der Waals surface area contributed by atoms with Crippen molar-refractivity contribution in [2.24, 2.45) is 5.92 Å². The summed E-state index contributed by atoms with van der Waals surface area (Å²) < 4.78 is 5.59. The van der Waals surface area contributed by atoms with Crippen molar-refractivity contribution in [3.05, 3.63) is 29.8 Å². The molecule has 0 atom stereocenters. The Hall–Kier alpha value is -1.97. The number of rotatable bonds is 5. The van der Waals surface area contributed by atoms with Gasteiger partial charge in [0.05, 0.1) is 12.3 Å². The first-order chi connectivity index (χ1) is 8.90. The van der Waals surface area contributed by atoms with Gasteiger partial charge in [-0.1, -0.05) is 19.9 Å². The van der Waals surface area contributed by atoms with E-state index in [0.717, 1.165) is 5.56 Å². The summed E-state index contributed by atoms with van der Waals surface area (Å²) in [6.07, 6.45) is 3.26. The van der Waals surface area contributed by atoms with Crippen LogP contribution in [0, 0.1) is 5.92 Å². The first-order valence-corrected chi connectivity index (χ1v) is 6.32. The van der Waals surface area contributed by atoms with E-state index in [1.807, 2.05) is 12.1 Å². The van der Waals surface area contributed by atoms with Crippen LogP contribution in [0.3, 0.4) is 0 Å². The number of hydrogen-bond donors (Lipinski definition) is 1. The first-order valence-electron chi connectivity index (χ1n) is 6.32. The third kappa shape index (κ3) is 5.04. The molecule has 0 aromatic heterocycles. The van der Waals surface area contributed by atoms with Gasteiger partial charge in [-0.2, -0.15) is 0 Å². The number of nitrogens with two attached hydrogens (primary N) is 1. The minimum atomic E-state index is -0.0568. The summed E-state index contributed by atoms with van der Waals surface area (Å²) >= 11 is 0. The predicted molar refractivity (Wildman–Crippen MR) is 78.9 cm³/mol. The van der Waals surface area contributed by atoms with Gasteiger partial charge in [0.2, 0.25) is 5.91 Å². The van der Waals surface area contributed by atoms with E-state index in [1.165, 1.54) is 11.0 Å². The highest BCUT2D eigenvalue weighted by atomic mass is 16.5. The Morgan fingerprint density at radius 1 is 1.42 bits per heavy atom. The lowest BCUT2D eigenvalue weighted by atomic mass is 10.1. The van der Waals surface area contributed by atoms with Crippen LogP contribution in [0.5, 0.6) is 5.75 Å². The van der Waals surface area contributed by atoms with Gasteiger partial charge in [-0.05, 0) is 29.7 Å². The van der Waals surface area contributed by atoms with Gasteiger partial charge in [0.1, 0.15) is 5.75 Å². The maximum Gasteiger partial charge on any atom is 0.246 e. The molecular weight excluding hydrogens is 240 g/mol. The van der Waals surface area contributed by atoms with E-state index >= 15 is 0 Å². The second-order valence-electron chi connectivity index (χ2n) is 5.07. The number of ether oxygens (including phenoxy) is 1. The summed E-state index contributed by atoms with van der Waals surface area (Å²) in [7, 11) is 3.42. The molecule has 0 spiro atoms. The fourth-order valence-electron chi connectivity index (χ4n) is 1.38. The van der Waals surface area contributed by atoms with Gasteiger partial charge in [0.15, 0.2) is 0 Å². The Bertz CT molecular complexity index is 465. The minimum absolute atomic E-state index is 0.0568. The summed E-state index contributed by atoms with van der Waals surface area (Å²) in [6, 6.07) is 5.51. The van der Waals surface area contributed by atoms with Gasteiger partial charge in [0, 0.05) is 20.2 Å².